The van der Waals surface area contributed by atoms with Crippen molar-refractivity contribution in [3.8, 4) is 0 Å². The van der Waals surface area contributed by atoms with E-state index < -0.39 is 5.97 Å². The van der Waals surface area contributed by atoms with E-state index in [4.69, 9.17) is 16.7 Å². The van der Waals surface area contributed by atoms with Gasteiger partial charge in [-0.2, -0.15) is 0 Å². The average Bonchev–Trinajstić information content (AvgIpc) is 2.28. The van der Waals surface area contributed by atoms with Gasteiger partial charge in [0, 0.05) is 0 Å². The van der Waals surface area contributed by atoms with Gasteiger partial charge in [-0.25, -0.2) is 4.79 Å². The summed E-state index contributed by atoms with van der Waals surface area (Å²) in [6.45, 7) is 1.77. The van der Waals surface area contributed by atoms with Crippen molar-refractivity contribution in [2.24, 2.45) is 0 Å². The van der Waals surface area contributed by atoms with Crippen molar-refractivity contribution in [1.29, 1.82) is 0 Å². The Balaban J connectivity index is 2.34. The highest BCUT2D eigenvalue weighted by molar-refractivity contribution is 6.33. The second kappa shape index (κ2) is 5.23. The summed E-state index contributed by atoms with van der Waals surface area (Å²) in [5, 5.41) is 9.34. The Morgan fingerprint density at radius 2 is 1.83 bits per heavy atom. The summed E-state index contributed by atoms with van der Waals surface area (Å²) in [6, 6.07) is 13.6. The van der Waals surface area contributed by atoms with E-state index >= 15 is 0 Å². The summed E-state index contributed by atoms with van der Waals surface area (Å²) >= 11 is 6.02. The van der Waals surface area contributed by atoms with E-state index in [9.17, 15) is 4.79 Å². The molecule has 0 saturated carbocycles. The Bertz CT molecular complexity index is 553. The zero-order valence-corrected chi connectivity index (χ0v) is 10.7. The zero-order valence-electron chi connectivity index (χ0n) is 9.98. The smallest absolute Gasteiger partial charge is 0.337 e. The first-order valence-corrected chi connectivity index (χ1v) is 6.02. The molecule has 18 heavy (non-hydrogen) atoms. The van der Waals surface area contributed by atoms with Crippen molar-refractivity contribution in [3.05, 3.63) is 69.7 Å². The number of rotatable bonds is 3. The van der Waals surface area contributed by atoms with E-state index in [-0.39, 0.29) is 5.56 Å². The number of aromatic carboxylic acids is 1. The molecule has 2 aromatic carbocycles. The lowest BCUT2D eigenvalue weighted by Crippen LogP contribution is -2.02. The SMILES string of the molecule is Cc1cc(Cc2ccccc2)cc(Cl)c1C(=O)O. The summed E-state index contributed by atoms with van der Waals surface area (Å²) < 4.78 is 0. The normalized spacial score (nSPS) is 10.3. The first-order valence-electron chi connectivity index (χ1n) is 5.64. The Morgan fingerprint density at radius 1 is 1.17 bits per heavy atom. The van der Waals surface area contributed by atoms with E-state index in [0.717, 1.165) is 12.0 Å². The summed E-state index contributed by atoms with van der Waals surface area (Å²) in [5.41, 5.74) is 3.08. The van der Waals surface area contributed by atoms with Gasteiger partial charge in [-0.3, -0.25) is 0 Å². The number of aryl methyl sites for hydroxylation is 1. The number of carbonyl (C=O) groups is 1. The molecule has 0 spiro atoms. The van der Waals surface area contributed by atoms with E-state index in [1.54, 1.807) is 13.0 Å². The van der Waals surface area contributed by atoms with Crippen LogP contribution in [-0.2, 0) is 6.42 Å². The molecule has 0 unspecified atom stereocenters. The Labute approximate surface area is 111 Å². The van der Waals surface area contributed by atoms with Gasteiger partial charge in [0.1, 0.15) is 0 Å². The van der Waals surface area contributed by atoms with Gasteiger partial charge in [0.05, 0.1) is 10.6 Å². The van der Waals surface area contributed by atoms with Crippen molar-refractivity contribution >= 4 is 17.6 Å². The standard InChI is InChI=1S/C15H13ClO2/c1-10-7-12(8-11-5-3-2-4-6-11)9-13(16)14(10)15(17)18/h2-7,9H,8H2,1H3,(H,17,18). The van der Waals surface area contributed by atoms with Crippen molar-refractivity contribution in [3.63, 3.8) is 0 Å². The molecular weight excluding hydrogens is 248 g/mol. The fourth-order valence-electron chi connectivity index (χ4n) is 2.02. The summed E-state index contributed by atoms with van der Waals surface area (Å²) in [6.07, 6.45) is 0.751. The van der Waals surface area contributed by atoms with Crippen molar-refractivity contribution in [2.45, 2.75) is 13.3 Å². The van der Waals surface area contributed by atoms with Gasteiger partial charge < -0.3 is 5.11 Å². The Hall–Kier alpha value is -1.80. The zero-order chi connectivity index (χ0) is 13.1. The molecule has 0 heterocycles. The van der Waals surface area contributed by atoms with Crippen LogP contribution in [0.3, 0.4) is 0 Å². The van der Waals surface area contributed by atoms with Gasteiger partial charge in [0.15, 0.2) is 0 Å². The first-order chi connectivity index (χ1) is 8.58. The molecule has 92 valence electrons. The molecular formula is C15H13ClO2. The molecule has 2 aromatic rings. The molecule has 1 N–H and O–H groups in total. The third-order valence-electron chi connectivity index (χ3n) is 2.81. The Kier molecular flexibility index (Phi) is 3.68. The van der Waals surface area contributed by atoms with E-state index in [0.29, 0.717) is 10.6 Å². The fraction of sp³-hybridized carbons (Fsp3) is 0.133. The van der Waals surface area contributed by atoms with Gasteiger partial charge >= 0.3 is 5.97 Å². The quantitative estimate of drug-likeness (QED) is 0.908. The second-order valence-electron chi connectivity index (χ2n) is 4.24. The molecule has 2 nitrogen and oxygen atoms in total. The van der Waals surface area contributed by atoms with Crippen LogP contribution in [0.25, 0.3) is 0 Å². The second-order valence-corrected chi connectivity index (χ2v) is 4.64. The van der Waals surface area contributed by atoms with Gasteiger partial charge in [-0.1, -0.05) is 48.0 Å². The minimum atomic E-state index is -0.983. The van der Waals surface area contributed by atoms with Gasteiger partial charge in [-0.05, 0) is 36.1 Å². The molecule has 0 aliphatic carbocycles. The molecule has 0 amide bonds. The predicted octanol–water partition coefficient (Wildman–Crippen LogP) is 3.94. The van der Waals surface area contributed by atoms with Gasteiger partial charge in [-0.15, -0.1) is 0 Å². The maximum Gasteiger partial charge on any atom is 0.337 e. The molecule has 0 aliphatic rings. The highest BCUT2D eigenvalue weighted by Gasteiger charge is 2.13. The third kappa shape index (κ3) is 2.71. The molecule has 0 radical (unpaired) electrons. The number of halogens is 1. The van der Waals surface area contributed by atoms with Gasteiger partial charge in [0.2, 0.25) is 0 Å². The lowest BCUT2D eigenvalue weighted by atomic mass is 10.00. The van der Waals surface area contributed by atoms with E-state index in [1.807, 2.05) is 36.4 Å². The predicted molar refractivity (Wildman–Crippen MR) is 72.4 cm³/mol. The summed E-state index contributed by atoms with van der Waals surface area (Å²) in [7, 11) is 0. The summed E-state index contributed by atoms with van der Waals surface area (Å²) in [5.74, 6) is -0.983. The number of carboxylic acids is 1. The molecule has 0 aromatic heterocycles. The van der Waals surface area contributed by atoms with Gasteiger partial charge in [0.25, 0.3) is 0 Å². The van der Waals surface area contributed by atoms with Crippen LogP contribution in [0.4, 0.5) is 0 Å². The van der Waals surface area contributed by atoms with Crippen LogP contribution in [0.5, 0.6) is 0 Å². The topological polar surface area (TPSA) is 37.3 Å². The molecule has 0 saturated heterocycles. The fourth-order valence-corrected chi connectivity index (χ4v) is 2.39. The number of carboxylic acid groups (broad SMARTS) is 1. The van der Waals surface area contributed by atoms with Crippen molar-refractivity contribution in [2.75, 3.05) is 0 Å². The van der Waals surface area contributed by atoms with Crippen molar-refractivity contribution in [1.82, 2.24) is 0 Å². The first kappa shape index (κ1) is 12.7. The molecule has 0 atom stereocenters. The maximum absolute atomic E-state index is 11.0. The minimum Gasteiger partial charge on any atom is -0.478 e. The largest absolute Gasteiger partial charge is 0.478 e. The molecule has 0 aliphatic heterocycles. The third-order valence-corrected chi connectivity index (χ3v) is 3.11. The highest BCUT2D eigenvalue weighted by atomic mass is 35.5. The monoisotopic (exact) mass is 260 g/mol. The van der Waals surface area contributed by atoms with Crippen LogP contribution >= 0.6 is 11.6 Å². The van der Waals surface area contributed by atoms with Crippen LogP contribution in [0.2, 0.25) is 5.02 Å². The summed E-state index contributed by atoms with van der Waals surface area (Å²) in [4.78, 5) is 11.0. The number of benzene rings is 2. The van der Waals surface area contributed by atoms with Crippen molar-refractivity contribution < 1.29 is 9.90 Å². The van der Waals surface area contributed by atoms with E-state index in [2.05, 4.69) is 0 Å². The highest BCUT2D eigenvalue weighted by Crippen LogP contribution is 2.23. The number of hydrogen-bond donors (Lipinski definition) is 1. The van der Waals surface area contributed by atoms with Crippen LogP contribution in [0.15, 0.2) is 42.5 Å². The van der Waals surface area contributed by atoms with Crippen LogP contribution in [-0.4, -0.2) is 11.1 Å². The number of hydrogen-bond acceptors (Lipinski definition) is 1. The van der Waals surface area contributed by atoms with Crippen LogP contribution < -0.4 is 0 Å². The average molecular weight is 261 g/mol. The molecule has 0 fully saturated rings. The lowest BCUT2D eigenvalue weighted by Gasteiger charge is -2.08. The lowest BCUT2D eigenvalue weighted by molar-refractivity contribution is 0.0696. The molecule has 0 bridgehead atoms. The Morgan fingerprint density at radius 3 is 2.39 bits per heavy atom. The van der Waals surface area contributed by atoms with Crippen LogP contribution in [0.1, 0.15) is 27.0 Å². The van der Waals surface area contributed by atoms with Crippen LogP contribution in [0, 0.1) is 6.92 Å². The minimum absolute atomic E-state index is 0.188. The van der Waals surface area contributed by atoms with E-state index in [1.165, 1.54) is 5.56 Å². The molecule has 3 heteroatoms. The maximum atomic E-state index is 11.0. The molecule has 2 rings (SSSR count).